The van der Waals surface area contributed by atoms with Crippen molar-refractivity contribution < 1.29 is 14.4 Å². The van der Waals surface area contributed by atoms with Crippen molar-refractivity contribution in [3.05, 3.63) is 47.3 Å². The second kappa shape index (κ2) is 6.62. The fourth-order valence-corrected chi connectivity index (χ4v) is 2.13. The Balaban J connectivity index is 1.97. The highest BCUT2D eigenvalue weighted by Crippen LogP contribution is 2.21. The number of hydrogen-bond acceptors (Lipinski definition) is 4. The number of aromatic nitrogens is 1. The molecule has 0 saturated heterocycles. The van der Waals surface area contributed by atoms with E-state index < -0.39 is 11.6 Å². The molecule has 1 heterocycles. The Hall–Kier alpha value is -2.34. The maximum absolute atomic E-state index is 12.0. The molecule has 1 aromatic carbocycles. The molecule has 22 heavy (non-hydrogen) atoms. The number of rotatable bonds is 5. The van der Waals surface area contributed by atoms with Crippen molar-refractivity contribution in [2.75, 3.05) is 11.9 Å². The molecule has 0 bridgehead atoms. The van der Waals surface area contributed by atoms with Crippen LogP contribution in [0, 0.1) is 6.92 Å². The topological polar surface area (TPSA) is 87.4 Å². The van der Waals surface area contributed by atoms with Crippen molar-refractivity contribution in [3.8, 4) is 0 Å². The van der Waals surface area contributed by atoms with Gasteiger partial charge in [0.05, 0.1) is 6.54 Å². The molecule has 0 aliphatic rings. The second-order valence-corrected chi connectivity index (χ2v) is 5.37. The molecule has 1 unspecified atom stereocenters. The zero-order valence-corrected chi connectivity index (χ0v) is 13.0. The first kappa shape index (κ1) is 16.0. The summed E-state index contributed by atoms with van der Waals surface area (Å²) in [5.74, 6) is 0.627. The predicted octanol–water partition coefficient (Wildman–Crippen LogP) is 2.57. The van der Waals surface area contributed by atoms with Crippen LogP contribution in [0.5, 0.6) is 0 Å². The monoisotopic (exact) mass is 303 g/mol. The maximum atomic E-state index is 12.0. The Morgan fingerprint density at radius 2 is 2.05 bits per heavy atom. The fraction of sp³-hybridized carbons (Fsp3) is 0.375. The number of nitrogens with zero attached hydrogens (tertiary/aromatic N) is 1. The van der Waals surface area contributed by atoms with Crippen molar-refractivity contribution >= 4 is 11.7 Å². The Kier molecular flexibility index (Phi) is 4.82. The molecular weight excluding hydrogens is 282 g/mol. The van der Waals surface area contributed by atoms with Crippen LogP contribution in [0.1, 0.15) is 30.9 Å². The van der Waals surface area contributed by atoms with Crippen LogP contribution in [-0.2, 0) is 12.0 Å². The molecule has 0 radical (unpaired) electrons. The average molecular weight is 303 g/mol. The molecule has 2 aromatic rings. The van der Waals surface area contributed by atoms with Gasteiger partial charge in [0.25, 0.3) is 0 Å². The van der Waals surface area contributed by atoms with Gasteiger partial charge >= 0.3 is 6.03 Å². The molecule has 0 fully saturated rings. The number of aliphatic hydroxyl groups is 1. The summed E-state index contributed by atoms with van der Waals surface area (Å²) in [4.78, 5) is 12.0. The molecule has 6 nitrogen and oxygen atoms in total. The summed E-state index contributed by atoms with van der Waals surface area (Å²) in [6, 6.07) is 8.80. The Morgan fingerprint density at radius 3 is 2.68 bits per heavy atom. The van der Waals surface area contributed by atoms with Gasteiger partial charge in [0, 0.05) is 6.42 Å². The standard InChI is InChI=1S/C16H21N3O3/c1-4-13-14(11(2)19-22-13)18-15(20)17-10-16(3,21)12-8-6-5-7-9-12/h5-9,21H,4,10H2,1-3H3,(H2,17,18,20). The van der Waals surface area contributed by atoms with E-state index in [-0.39, 0.29) is 6.54 Å². The Morgan fingerprint density at radius 1 is 1.36 bits per heavy atom. The van der Waals surface area contributed by atoms with E-state index in [1.807, 2.05) is 37.3 Å². The third kappa shape index (κ3) is 3.65. The summed E-state index contributed by atoms with van der Waals surface area (Å²) in [6.45, 7) is 5.43. The van der Waals surface area contributed by atoms with E-state index in [1.165, 1.54) is 0 Å². The SMILES string of the molecule is CCc1onc(C)c1NC(=O)NCC(C)(O)c1ccccc1. The van der Waals surface area contributed by atoms with Crippen LogP contribution >= 0.6 is 0 Å². The van der Waals surface area contributed by atoms with Crippen molar-refractivity contribution in [1.82, 2.24) is 10.5 Å². The van der Waals surface area contributed by atoms with Gasteiger partial charge in [-0.05, 0) is 19.4 Å². The van der Waals surface area contributed by atoms with E-state index in [4.69, 9.17) is 4.52 Å². The Labute approximate surface area is 129 Å². The lowest BCUT2D eigenvalue weighted by molar-refractivity contribution is 0.0599. The first-order chi connectivity index (χ1) is 10.4. The highest BCUT2D eigenvalue weighted by Gasteiger charge is 2.24. The summed E-state index contributed by atoms with van der Waals surface area (Å²) >= 11 is 0. The minimum Gasteiger partial charge on any atom is -0.384 e. The lowest BCUT2D eigenvalue weighted by Crippen LogP contribution is -2.40. The van der Waals surface area contributed by atoms with Crippen LogP contribution < -0.4 is 10.6 Å². The molecule has 0 aliphatic carbocycles. The summed E-state index contributed by atoms with van der Waals surface area (Å²) in [7, 11) is 0. The van der Waals surface area contributed by atoms with Crippen molar-refractivity contribution in [1.29, 1.82) is 0 Å². The van der Waals surface area contributed by atoms with Gasteiger partial charge in [-0.2, -0.15) is 0 Å². The highest BCUT2D eigenvalue weighted by molar-refractivity contribution is 5.90. The van der Waals surface area contributed by atoms with Gasteiger partial charge in [0.15, 0.2) is 5.76 Å². The van der Waals surface area contributed by atoms with Crippen LogP contribution in [-0.4, -0.2) is 22.8 Å². The number of urea groups is 1. The zero-order valence-electron chi connectivity index (χ0n) is 13.0. The molecule has 0 saturated carbocycles. The molecule has 2 rings (SSSR count). The number of nitrogens with one attached hydrogen (secondary N) is 2. The van der Waals surface area contributed by atoms with E-state index in [0.29, 0.717) is 23.6 Å². The van der Waals surface area contributed by atoms with Crippen LogP contribution in [0.25, 0.3) is 0 Å². The van der Waals surface area contributed by atoms with Crippen LogP contribution in [0.15, 0.2) is 34.9 Å². The fourth-order valence-electron chi connectivity index (χ4n) is 2.13. The zero-order chi connectivity index (χ0) is 16.2. The largest absolute Gasteiger partial charge is 0.384 e. The van der Waals surface area contributed by atoms with Crippen LogP contribution in [0.4, 0.5) is 10.5 Å². The lowest BCUT2D eigenvalue weighted by atomic mass is 9.96. The number of carbonyl (C=O) groups excluding carboxylic acids is 1. The van der Waals surface area contributed by atoms with Gasteiger partial charge in [0.2, 0.25) is 0 Å². The lowest BCUT2D eigenvalue weighted by Gasteiger charge is -2.24. The van der Waals surface area contributed by atoms with Crippen molar-refractivity contribution in [3.63, 3.8) is 0 Å². The van der Waals surface area contributed by atoms with Gasteiger partial charge in [-0.1, -0.05) is 42.4 Å². The quantitative estimate of drug-likeness (QED) is 0.792. The summed E-state index contributed by atoms with van der Waals surface area (Å²) in [5.41, 5.74) is 0.808. The highest BCUT2D eigenvalue weighted by atomic mass is 16.5. The molecule has 118 valence electrons. The molecule has 1 atom stereocenters. The summed E-state index contributed by atoms with van der Waals surface area (Å²) in [5, 5.41) is 19.7. The van der Waals surface area contributed by atoms with E-state index >= 15 is 0 Å². The van der Waals surface area contributed by atoms with E-state index in [9.17, 15) is 9.90 Å². The third-order valence-electron chi connectivity index (χ3n) is 3.48. The molecule has 6 heteroatoms. The molecular formula is C16H21N3O3. The number of benzene rings is 1. The van der Waals surface area contributed by atoms with Crippen LogP contribution in [0.3, 0.4) is 0 Å². The van der Waals surface area contributed by atoms with Gasteiger partial charge in [0.1, 0.15) is 17.0 Å². The summed E-state index contributed by atoms with van der Waals surface area (Å²) < 4.78 is 5.12. The van der Waals surface area contributed by atoms with E-state index in [0.717, 1.165) is 5.56 Å². The Bertz CT molecular complexity index is 635. The molecule has 2 amide bonds. The van der Waals surface area contributed by atoms with Gasteiger partial charge in [-0.25, -0.2) is 4.79 Å². The molecule has 0 aliphatic heterocycles. The predicted molar refractivity (Wildman–Crippen MR) is 83.7 cm³/mol. The van der Waals surface area contributed by atoms with Crippen molar-refractivity contribution in [2.24, 2.45) is 0 Å². The second-order valence-electron chi connectivity index (χ2n) is 5.37. The van der Waals surface area contributed by atoms with Crippen molar-refractivity contribution in [2.45, 2.75) is 32.8 Å². The smallest absolute Gasteiger partial charge is 0.319 e. The van der Waals surface area contributed by atoms with E-state index in [2.05, 4.69) is 15.8 Å². The first-order valence-corrected chi connectivity index (χ1v) is 7.22. The molecule has 1 aromatic heterocycles. The minimum absolute atomic E-state index is 0.0919. The normalized spacial score (nSPS) is 13.5. The first-order valence-electron chi connectivity index (χ1n) is 7.22. The van der Waals surface area contributed by atoms with Crippen LogP contribution in [0.2, 0.25) is 0 Å². The minimum atomic E-state index is -1.14. The van der Waals surface area contributed by atoms with Gasteiger partial charge in [-0.15, -0.1) is 0 Å². The number of aryl methyl sites for hydroxylation is 2. The molecule has 0 spiro atoms. The van der Waals surface area contributed by atoms with Gasteiger partial charge in [-0.3, -0.25) is 0 Å². The summed E-state index contributed by atoms with van der Waals surface area (Å²) in [6.07, 6.45) is 0.637. The third-order valence-corrected chi connectivity index (χ3v) is 3.48. The number of amides is 2. The number of carbonyl (C=O) groups is 1. The average Bonchev–Trinajstić information content (AvgIpc) is 2.87. The number of hydrogen-bond donors (Lipinski definition) is 3. The number of anilines is 1. The van der Waals surface area contributed by atoms with E-state index in [1.54, 1.807) is 13.8 Å². The molecule has 3 N–H and O–H groups in total. The van der Waals surface area contributed by atoms with Gasteiger partial charge < -0.3 is 20.3 Å². The maximum Gasteiger partial charge on any atom is 0.319 e.